The van der Waals surface area contributed by atoms with Crippen LogP contribution in [0.3, 0.4) is 0 Å². The summed E-state index contributed by atoms with van der Waals surface area (Å²) in [6, 6.07) is 19.9. The van der Waals surface area contributed by atoms with Crippen LogP contribution < -0.4 is 4.74 Å². The van der Waals surface area contributed by atoms with Gasteiger partial charge in [-0.05, 0) is 23.8 Å². The molecule has 0 atom stereocenters. The number of methoxy groups -OCH3 is 1. The summed E-state index contributed by atoms with van der Waals surface area (Å²) in [7, 11) is 3.66. The summed E-state index contributed by atoms with van der Waals surface area (Å²) in [5, 5.41) is 1.18. The number of para-hydroxylation sites is 2. The fraction of sp³-hybridized carbons (Fsp3) is 0.167. The zero-order valence-corrected chi connectivity index (χ0v) is 16.1. The number of hydrogen-bond acceptors (Lipinski definition) is 3. The molecule has 0 aliphatic carbocycles. The van der Waals surface area contributed by atoms with Crippen LogP contribution in [0.4, 0.5) is 0 Å². The second-order valence-corrected chi connectivity index (χ2v) is 6.93. The average Bonchev–Trinajstić information content (AvgIpc) is 3.06. The van der Waals surface area contributed by atoms with Gasteiger partial charge in [0.15, 0.2) is 0 Å². The van der Waals surface area contributed by atoms with Crippen LogP contribution in [0.15, 0.2) is 73.1 Å². The Bertz CT molecular complexity index is 1130. The number of hydrogen-bond donors (Lipinski definition) is 0. The Kier molecular flexibility index (Phi) is 4.94. The van der Waals surface area contributed by atoms with Crippen LogP contribution >= 0.6 is 0 Å². The highest BCUT2D eigenvalue weighted by atomic mass is 16.5. The average molecular weight is 370 g/mol. The van der Waals surface area contributed by atoms with E-state index in [4.69, 9.17) is 4.74 Å². The van der Waals surface area contributed by atoms with Crippen molar-refractivity contribution in [2.24, 2.45) is 7.05 Å². The largest absolute Gasteiger partial charge is 0.496 e. The van der Waals surface area contributed by atoms with E-state index in [1.807, 2.05) is 55.6 Å². The zero-order valence-electron chi connectivity index (χ0n) is 16.1. The lowest BCUT2D eigenvalue weighted by molar-refractivity contribution is -0.117. The molecule has 0 aliphatic heterocycles. The van der Waals surface area contributed by atoms with Gasteiger partial charge in [-0.3, -0.25) is 9.78 Å². The fourth-order valence-electron chi connectivity index (χ4n) is 3.59. The van der Waals surface area contributed by atoms with Crippen molar-refractivity contribution in [3.05, 3.63) is 84.2 Å². The molecule has 0 saturated heterocycles. The molecule has 2 aromatic heterocycles. The Hall–Kier alpha value is -3.40. The predicted molar refractivity (Wildman–Crippen MR) is 112 cm³/mol. The number of pyridine rings is 1. The van der Waals surface area contributed by atoms with Crippen LogP contribution in [0.5, 0.6) is 5.75 Å². The van der Waals surface area contributed by atoms with Gasteiger partial charge >= 0.3 is 0 Å². The first-order valence-corrected chi connectivity index (χ1v) is 9.28. The quantitative estimate of drug-likeness (QED) is 0.498. The van der Waals surface area contributed by atoms with Crippen molar-refractivity contribution in [3.63, 3.8) is 0 Å². The summed E-state index contributed by atoms with van der Waals surface area (Å²) in [6.07, 6.45) is 4.62. The molecule has 140 valence electrons. The van der Waals surface area contributed by atoms with E-state index in [9.17, 15) is 4.79 Å². The Morgan fingerprint density at radius 2 is 1.79 bits per heavy atom. The zero-order chi connectivity index (χ0) is 19.5. The van der Waals surface area contributed by atoms with Crippen LogP contribution in [0.25, 0.3) is 22.2 Å². The number of Topliss-reactive ketones (excluding diaryl/α,β-unsaturated/α-hetero) is 1. The fourth-order valence-corrected chi connectivity index (χ4v) is 3.59. The molecule has 4 nitrogen and oxygen atoms in total. The van der Waals surface area contributed by atoms with Crippen LogP contribution in [0.2, 0.25) is 0 Å². The summed E-state index contributed by atoms with van der Waals surface area (Å²) in [5.41, 5.74) is 5.03. The third kappa shape index (κ3) is 3.54. The third-order valence-corrected chi connectivity index (χ3v) is 4.98. The molecule has 28 heavy (non-hydrogen) atoms. The van der Waals surface area contributed by atoms with Gasteiger partial charge in [0.1, 0.15) is 11.5 Å². The summed E-state index contributed by atoms with van der Waals surface area (Å²) in [4.78, 5) is 17.1. The minimum Gasteiger partial charge on any atom is -0.496 e. The maximum Gasteiger partial charge on any atom is 0.141 e. The summed E-state index contributed by atoms with van der Waals surface area (Å²) in [6.45, 7) is 0. The molecule has 2 heterocycles. The topological polar surface area (TPSA) is 44.1 Å². The van der Waals surface area contributed by atoms with Crippen molar-refractivity contribution < 1.29 is 9.53 Å². The standard InChI is InChI=1S/C24H22N2O2/c1-26-16-21(20-8-4-5-9-23(20)26)22-12-11-17(15-25-22)13-19(27)14-18-7-3-6-10-24(18)28-2/h3-12,15-16H,13-14H2,1-2H3. The molecule has 0 bridgehead atoms. The maximum atomic E-state index is 12.5. The smallest absolute Gasteiger partial charge is 0.141 e. The molecule has 4 rings (SSSR count). The Labute approximate surface area is 164 Å². The van der Waals surface area contributed by atoms with Gasteiger partial charge in [-0.25, -0.2) is 0 Å². The Morgan fingerprint density at radius 3 is 2.57 bits per heavy atom. The van der Waals surface area contributed by atoms with E-state index in [0.29, 0.717) is 12.8 Å². The van der Waals surface area contributed by atoms with Gasteiger partial charge in [-0.2, -0.15) is 0 Å². The van der Waals surface area contributed by atoms with E-state index >= 15 is 0 Å². The maximum absolute atomic E-state index is 12.5. The highest BCUT2D eigenvalue weighted by Crippen LogP contribution is 2.28. The molecule has 0 fully saturated rings. The van der Waals surface area contributed by atoms with Crippen molar-refractivity contribution in [1.29, 1.82) is 0 Å². The van der Waals surface area contributed by atoms with E-state index in [-0.39, 0.29) is 5.78 Å². The SMILES string of the molecule is COc1ccccc1CC(=O)Cc1ccc(-c2cn(C)c3ccccc23)nc1. The molecule has 0 amide bonds. The number of carbonyl (C=O) groups is 1. The van der Waals surface area contributed by atoms with Crippen LogP contribution in [-0.4, -0.2) is 22.4 Å². The minimum atomic E-state index is 0.143. The van der Waals surface area contributed by atoms with Gasteiger partial charge in [-0.1, -0.05) is 42.5 Å². The lowest BCUT2D eigenvalue weighted by Gasteiger charge is -2.07. The highest BCUT2D eigenvalue weighted by molar-refractivity contribution is 5.95. The van der Waals surface area contributed by atoms with Crippen molar-refractivity contribution in [3.8, 4) is 17.0 Å². The minimum absolute atomic E-state index is 0.143. The molecule has 0 radical (unpaired) electrons. The molecule has 0 N–H and O–H groups in total. The number of benzene rings is 2. The van der Waals surface area contributed by atoms with E-state index in [1.165, 1.54) is 10.9 Å². The molecule has 4 aromatic rings. The number of ketones is 1. The highest BCUT2D eigenvalue weighted by Gasteiger charge is 2.12. The molecule has 0 aliphatic rings. The molecule has 0 spiro atoms. The van der Waals surface area contributed by atoms with Crippen molar-refractivity contribution in [2.45, 2.75) is 12.8 Å². The van der Waals surface area contributed by atoms with Gasteiger partial charge < -0.3 is 9.30 Å². The van der Waals surface area contributed by atoms with E-state index in [0.717, 1.165) is 28.1 Å². The van der Waals surface area contributed by atoms with Gasteiger partial charge in [0.2, 0.25) is 0 Å². The Balaban J connectivity index is 1.51. The molecule has 0 saturated carbocycles. The van der Waals surface area contributed by atoms with Crippen molar-refractivity contribution in [2.75, 3.05) is 7.11 Å². The number of aryl methyl sites for hydroxylation is 1. The Morgan fingerprint density at radius 1 is 1.00 bits per heavy atom. The molecule has 2 aromatic carbocycles. The molecule has 0 unspecified atom stereocenters. The normalized spacial score (nSPS) is 10.9. The van der Waals surface area contributed by atoms with Crippen molar-refractivity contribution >= 4 is 16.7 Å². The number of rotatable bonds is 6. The van der Waals surface area contributed by atoms with Crippen molar-refractivity contribution in [1.82, 2.24) is 9.55 Å². The molecular formula is C24H22N2O2. The van der Waals surface area contributed by atoms with E-state index < -0.39 is 0 Å². The first-order chi connectivity index (χ1) is 13.7. The second-order valence-electron chi connectivity index (χ2n) is 6.93. The first-order valence-electron chi connectivity index (χ1n) is 9.28. The van der Waals surface area contributed by atoms with Gasteiger partial charge in [0.25, 0.3) is 0 Å². The number of nitrogens with zero attached hydrogens (tertiary/aromatic N) is 2. The monoisotopic (exact) mass is 370 g/mol. The predicted octanol–water partition coefficient (Wildman–Crippen LogP) is 4.60. The lowest BCUT2D eigenvalue weighted by atomic mass is 10.0. The molecule has 4 heteroatoms. The number of aromatic nitrogens is 2. The van der Waals surface area contributed by atoms with E-state index in [1.54, 1.807) is 13.3 Å². The summed E-state index contributed by atoms with van der Waals surface area (Å²) >= 11 is 0. The lowest BCUT2D eigenvalue weighted by Crippen LogP contribution is -2.08. The van der Waals surface area contributed by atoms with Gasteiger partial charge in [0, 0.05) is 54.3 Å². The number of fused-ring (bicyclic) bond motifs is 1. The summed E-state index contributed by atoms with van der Waals surface area (Å²) in [5.74, 6) is 0.893. The van der Waals surface area contributed by atoms with Crippen LogP contribution in [-0.2, 0) is 24.7 Å². The van der Waals surface area contributed by atoms with Gasteiger partial charge in [0.05, 0.1) is 12.8 Å². The van der Waals surface area contributed by atoms with E-state index in [2.05, 4.69) is 27.9 Å². The number of carbonyl (C=O) groups excluding carboxylic acids is 1. The second kappa shape index (κ2) is 7.69. The first kappa shape index (κ1) is 18.0. The van der Waals surface area contributed by atoms with Crippen LogP contribution in [0, 0.1) is 0 Å². The number of ether oxygens (including phenoxy) is 1. The van der Waals surface area contributed by atoms with Gasteiger partial charge in [-0.15, -0.1) is 0 Å². The van der Waals surface area contributed by atoms with Crippen LogP contribution in [0.1, 0.15) is 11.1 Å². The molecular weight excluding hydrogens is 348 g/mol. The summed E-state index contributed by atoms with van der Waals surface area (Å²) < 4.78 is 7.44. The third-order valence-electron chi connectivity index (χ3n) is 4.98.